The third-order valence-electron chi connectivity index (χ3n) is 4.03. The Labute approximate surface area is 122 Å². The highest BCUT2D eigenvalue weighted by Crippen LogP contribution is 2.33. The van der Waals surface area contributed by atoms with Gasteiger partial charge in [0.05, 0.1) is 11.0 Å². The van der Waals surface area contributed by atoms with E-state index in [0.717, 1.165) is 30.0 Å². The van der Waals surface area contributed by atoms with Gasteiger partial charge in [-0.25, -0.2) is 0 Å². The van der Waals surface area contributed by atoms with Crippen molar-refractivity contribution in [1.82, 2.24) is 4.90 Å². The number of nitrogens with zero attached hydrogens (tertiary/aromatic N) is 1. The monoisotopic (exact) mass is 297 g/mol. The quantitative estimate of drug-likeness (QED) is 0.911. The van der Waals surface area contributed by atoms with E-state index in [1.165, 1.54) is 16.2 Å². The van der Waals surface area contributed by atoms with Crippen molar-refractivity contribution in [1.29, 1.82) is 0 Å². The molecule has 0 aliphatic carbocycles. The normalized spacial score (nSPS) is 24.3. The van der Waals surface area contributed by atoms with Crippen LogP contribution in [-0.4, -0.2) is 40.9 Å². The van der Waals surface area contributed by atoms with Gasteiger partial charge in [0.25, 0.3) is 5.91 Å². The predicted molar refractivity (Wildman–Crippen MR) is 79.9 cm³/mol. The molecule has 2 atom stereocenters. The van der Waals surface area contributed by atoms with Crippen LogP contribution in [0, 0.1) is 5.92 Å². The lowest BCUT2D eigenvalue weighted by atomic mass is 10.0. The van der Waals surface area contributed by atoms with Crippen LogP contribution >= 0.6 is 23.1 Å². The third kappa shape index (κ3) is 2.69. The van der Waals surface area contributed by atoms with Crippen LogP contribution in [0.2, 0.25) is 0 Å². The SMILES string of the molecule is CC(O)C1CCN(C(=O)c2cc3c(s2)CCSC3)C1. The van der Waals surface area contributed by atoms with E-state index in [4.69, 9.17) is 0 Å². The smallest absolute Gasteiger partial charge is 0.263 e. The average Bonchev–Trinajstić information content (AvgIpc) is 3.04. The van der Waals surface area contributed by atoms with Crippen LogP contribution < -0.4 is 0 Å². The van der Waals surface area contributed by atoms with E-state index in [-0.39, 0.29) is 17.9 Å². The van der Waals surface area contributed by atoms with Crippen LogP contribution in [0.25, 0.3) is 0 Å². The second-order valence-electron chi connectivity index (χ2n) is 5.40. The standard InChI is InChI=1S/C14H19NO2S2/c1-9(16)10-2-4-15(7-10)14(17)13-6-11-8-18-5-3-12(11)19-13/h6,9-10,16H,2-5,7-8H2,1H3. The number of aliphatic hydroxyl groups excluding tert-OH is 1. The van der Waals surface area contributed by atoms with E-state index in [9.17, 15) is 9.90 Å². The molecule has 5 heteroatoms. The number of carbonyl (C=O) groups excluding carboxylic acids is 1. The number of carbonyl (C=O) groups is 1. The summed E-state index contributed by atoms with van der Waals surface area (Å²) in [5.74, 6) is 2.63. The minimum absolute atomic E-state index is 0.160. The minimum Gasteiger partial charge on any atom is -0.393 e. The summed E-state index contributed by atoms with van der Waals surface area (Å²) in [6.45, 7) is 3.30. The van der Waals surface area contributed by atoms with Crippen molar-refractivity contribution in [2.75, 3.05) is 18.8 Å². The molecule has 104 valence electrons. The Morgan fingerprint density at radius 3 is 3.11 bits per heavy atom. The van der Waals surface area contributed by atoms with Gasteiger partial charge >= 0.3 is 0 Å². The first-order valence-electron chi connectivity index (χ1n) is 6.82. The third-order valence-corrected chi connectivity index (χ3v) is 6.27. The van der Waals surface area contributed by atoms with Crippen LogP contribution in [0.5, 0.6) is 0 Å². The zero-order valence-electron chi connectivity index (χ0n) is 11.1. The summed E-state index contributed by atoms with van der Waals surface area (Å²) in [7, 11) is 0. The van der Waals surface area contributed by atoms with Crippen molar-refractivity contribution in [3.05, 3.63) is 21.4 Å². The molecule has 2 unspecified atom stereocenters. The van der Waals surface area contributed by atoms with Crippen LogP contribution in [-0.2, 0) is 12.2 Å². The second-order valence-corrected chi connectivity index (χ2v) is 7.64. The van der Waals surface area contributed by atoms with Crippen molar-refractivity contribution in [3.8, 4) is 0 Å². The maximum Gasteiger partial charge on any atom is 0.263 e. The van der Waals surface area contributed by atoms with E-state index in [0.29, 0.717) is 6.54 Å². The summed E-state index contributed by atoms with van der Waals surface area (Å²) in [6, 6.07) is 2.09. The molecule has 3 nitrogen and oxygen atoms in total. The lowest BCUT2D eigenvalue weighted by Gasteiger charge is -2.16. The minimum atomic E-state index is -0.314. The summed E-state index contributed by atoms with van der Waals surface area (Å²) in [4.78, 5) is 16.7. The number of hydrogen-bond acceptors (Lipinski definition) is 4. The van der Waals surface area contributed by atoms with Gasteiger partial charge in [-0.2, -0.15) is 11.8 Å². The van der Waals surface area contributed by atoms with Gasteiger partial charge in [-0.05, 0) is 37.1 Å². The van der Waals surface area contributed by atoms with Crippen molar-refractivity contribution in [2.45, 2.75) is 31.6 Å². The number of hydrogen-bond donors (Lipinski definition) is 1. The lowest BCUT2D eigenvalue weighted by Crippen LogP contribution is -2.29. The van der Waals surface area contributed by atoms with Crippen molar-refractivity contribution < 1.29 is 9.90 Å². The second kappa shape index (κ2) is 5.46. The van der Waals surface area contributed by atoms with Crippen LogP contribution in [0.1, 0.15) is 33.5 Å². The molecule has 0 radical (unpaired) electrons. The summed E-state index contributed by atoms with van der Waals surface area (Å²) < 4.78 is 0. The van der Waals surface area contributed by atoms with Gasteiger partial charge in [0, 0.05) is 29.6 Å². The molecule has 0 bridgehead atoms. The number of aliphatic hydroxyl groups is 1. The van der Waals surface area contributed by atoms with Crippen molar-refractivity contribution in [2.24, 2.45) is 5.92 Å². The Morgan fingerprint density at radius 1 is 1.58 bits per heavy atom. The zero-order chi connectivity index (χ0) is 13.4. The van der Waals surface area contributed by atoms with E-state index < -0.39 is 0 Å². The Balaban J connectivity index is 1.72. The predicted octanol–water partition coefficient (Wildman–Crippen LogP) is 2.38. The summed E-state index contributed by atoms with van der Waals surface area (Å²) >= 11 is 3.62. The van der Waals surface area contributed by atoms with E-state index in [1.54, 1.807) is 11.3 Å². The van der Waals surface area contributed by atoms with Gasteiger partial charge in [-0.3, -0.25) is 4.79 Å². The topological polar surface area (TPSA) is 40.5 Å². The molecule has 0 saturated carbocycles. The Kier molecular flexibility index (Phi) is 3.87. The molecule has 1 aromatic rings. The molecule has 1 saturated heterocycles. The van der Waals surface area contributed by atoms with Crippen molar-refractivity contribution in [3.63, 3.8) is 0 Å². The molecule has 2 aliphatic heterocycles. The molecule has 0 spiro atoms. The molecule has 1 aromatic heterocycles. The number of rotatable bonds is 2. The Bertz CT molecular complexity index is 460. The average molecular weight is 297 g/mol. The Morgan fingerprint density at radius 2 is 2.42 bits per heavy atom. The number of fused-ring (bicyclic) bond motifs is 1. The molecule has 1 fully saturated rings. The van der Waals surface area contributed by atoms with Crippen LogP contribution in [0.3, 0.4) is 0 Å². The molecule has 1 amide bonds. The van der Waals surface area contributed by atoms with Crippen LogP contribution in [0.4, 0.5) is 0 Å². The van der Waals surface area contributed by atoms with Gasteiger partial charge in [-0.15, -0.1) is 11.3 Å². The molecule has 2 aliphatic rings. The number of amides is 1. The molecule has 3 heterocycles. The number of thioether (sulfide) groups is 1. The molecule has 1 N–H and O–H groups in total. The number of thiophene rings is 1. The highest BCUT2D eigenvalue weighted by atomic mass is 32.2. The van der Waals surface area contributed by atoms with Gasteiger partial charge in [0.1, 0.15) is 0 Å². The maximum absolute atomic E-state index is 12.5. The molecule has 19 heavy (non-hydrogen) atoms. The summed E-state index contributed by atoms with van der Waals surface area (Å²) in [5, 5.41) is 9.62. The first-order chi connectivity index (χ1) is 9.15. The maximum atomic E-state index is 12.5. The highest BCUT2D eigenvalue weighted by molar-refractivity contribution is 7.98. The van der Waals surface area contributed by atoms with E-state index >= 15 is 0 Å². The van der Waals surface area contributed by atoms with Gasteiger partial charge in [0.15, 0.2) is 0 Å². The molecular formula is C14H19NO2S2. The highest BCUT2D eigenvalue weighted by Gasteiger charge is 2.30. The first-order valence-corrected chi connectivity index (χ1v) is 8.79. The summed E-state index contributed by atoms with van der Waals surface area (Å²) in [5.41, 5.74) is 1.36. The van der Waals surface area contributed by atoms with Gasteiger partial charge in [0.2, 0.25) is 0 Å². The fraction of sp³-hybridized carbons (Fsp3) is 0.643. The van der Waals surface area contributed by atoms with Gasteiger partial charge < -0.3 is 10.0 Å². The Hall–Kier alpha value is -0.520. The zero-order valence-corrected chi connectivity index (χ0v) is 12.7. The van der Waals surface area contributed by atoms with Crippen LogP contribution in [0.15, 0.2) is 6.07 Å². The molecular weight excluding hydrogens is 278 g/mol. The first kappa shape index (κ1) is 13.5. The summed E-state index contributed by atoms with van der Waals surface area (Å²) in [6.07, 6.45) is 1.71. The number of likely N-dealkylation sites (tertiary alicyclic amines) is 1. The fourth-order valence-corrected chi connectivity index (χ4v) is 5.11. The van der Waals surface area contributed by atoms with E-state index in [2.05, 4.69) is 6.07 Å². The fourth-order valence-electron chi connectivity index (χ4n) is 2.77. The number of aryl methyl sites for hydroxylation is 1. The molecule has 0 aromatic carbocycles. The van der Waals surface area contributed by atoms with E-state index in [1.807, 2.05) is 23.6 Å². The van der Waals surface area contributed by atoms with Gasteiger partial charge in [-0.1, -0.05) is 0 Å². The molecule has 3 rings (SSSR count). The lowest BCUT2D eigenvalue weighted by molar-refractivity contribution is 0.0767. The largest absolute Gasteiger partial charge is 0.393 e. The van der Waals surface area contributed by atoms with Crippen molar-refractivity contribution >= 4 is 29.0 Å².